The summed E-state index contributed by atoms with van der Waals surface area (Å²) in [6.07, 6.45) is 10.9. The number of hydrogen-bond donors (Lipinski definition) is 1. The van der Waals surface area contributed by atoms with Crippen LogP contribution in [0.15, 0.2) is 0 Å². The van der Waals surface area contributed by atoms with Crippen LogP contribution < -0.4 is 4.90 Å². The standard InChI is InChI=1S/C17H33NO/c1-4-5-11-17(2,3)19-14-15-9-8-13-18-12-7-6-10-16(15)18/h15-16H,4-14H2,1-3H3/p+1/t15-,16+/m1/s1. The molecule has 0 bridgehead atoms. The summed E-state index contributed by atoms with van der Waals surface area (Å²) in [6, 6.07) is 0.907. The van der Waals surface area contributed by atoms with Gasteiger partial charge in [0.1, 0.15) is 0 Å². The van der Waals surface area contributed by atoms with E-state index in [2.05, 4.69) is 20.8 Å². The zero-order valence-corrected chi connectivity index (χ0v) is 13.3. The predicted octanol–water partition coefficient (Wildman–Crippen LogP) is 2.82. The third-order valence-corrected chi connectivity index (χ3v) is 5.25. The van der Waals surface area contributed by atoms with Crippen LogP contribution in [0.2, 0.25) is 0 Å². The summed E-state index contributed by atoms with van der Waals surface area (Å²) in [4.78, 5) is 1.89. The molecule has 1 N–H and O–H groups in total. The van der Waals surface area contributed by atoms with Gasteiger partial charge in [0, 0.05) is 5.92 Å². The van der Waals surface area contributed by atoms with Gasteiger partial charge in [0.2, 0.25) is 0 Å². The molecule has 2 saturated heterocycles. The Hall–Kier alpha value is -0.0800. The van der Waals surface area contributed by atoms with Crippen molar-refractivity contribution in [3.63, 3.8) is 0 Å². The molecule has 2 aliphatic heterocycles. The van der Waals surface area contributed by atoms with Crippen LogP contribution in [-0.4, -0.2) is 31.3 Å². The summed E-state index contributed by atoms with van der Waals surface area (Å²) in [5, 5.41) is 0. The number of rotatable bonds is 6. The smallest absolute Gasteiger partial charge is 0.0925 e. The number of fused-ring (bicyclic) bond motifs is 1. The van der Waals surface area contributed by atoms with E-state index in [4.69, 9.17) is 4.74 Å². The van der Waals surface area contributed by atoms with Crippen LogP contribution in [0.25, 0.3) is 0 Å². The third-order valence-electron chi connectivity index (χ3n) is 5.25. The Labute approximate surface area is 119 Å². The van der Waals surface area contributed by atoms with Crippen molar-refractivity contribution in [3.05, 3.63) is 0 Å². The lowest BCUT2D eigenvalue weighted by Gasteiger charge is -2.42. The fourth-order valence-electron chi connectivity index (χ4n) is 3.98. The van der Waals surface area contributed by atoms with Crippen LogP contribution in [0, 0.1) is 5.92 Å². The fourth-order valence-corrected chi connectivity index (χ4v) is 3.98. The van der Waals surface area contributed by atoms with Crippen molar-refractivity contribution in [2.75, 3.05) is 19.7 Å². The molecule has 112 valence electrons. The lowest BCUT2D eigenvalue weighted by atomic mass is 9.84. The molecular formula is C17H34NO+. The van der Waals surface area contributed by atoms with Crippen molar-refractivity contribution >= 4 is 0 Å². The monoisotopic (exact) mass is 268 g/mol. The molecule has 0 aromatic heterocycles. The molecule has 0 radical (unpaired) electrons. The molecule has 19 heavy (non-hydrogen) atoms. The normalized spacial score (nSPS) is 32.1. The molecule has 0 spiro atoms. The highest BCUT2D eigenvalue weighted by Gasteiger charge is 2.37. The molecular weight excluding hydrogens is 234 g/mol. The molecule has 0 amide bonds. The second kappa shape index (κ2) is 7.08. The highest BCUT2D eigenvalue weighted by atomic mass is 16.5. The van der Waals surface area contributed by atoms with Crippen molar-refractivity contribution in [2.45, 2.75) is 83.8 Å². The fraction of sp³-hybridized carbons (Fsp3) is 1.00. The van der Waals surface area contributed by atoms with Crippen molar-refractivity contribution < 1.29 is 9.64 Å². The Morgan fingerprint density at radius 3 is 2.68 bits per heavy atom. The Kier molecular flexibility index (Phi) is 5.70. The van der Waals surface area contributed by atoms with Crippen LogP contribution in [0.3, 0.4) is 0 Å². The summed E-state index contributed by atoms with van der Waals surface area (Å²) in [6.45, 7) is 10.7. The molecule has 2 heteroatoms. The SMILES string of the molecule is CCCCC(C)(C)OC[C@H]1CCC[NH+]2CCCC[C@@H]12. The van der Waals surface area contributed by atoms with Gasteiger partial charge in [-0.05, 0) is 52.4 Å². The Morgan fingerprint density at radius 1 is 1.11 bits per heavy atom. The summed E-state index contributed by atoms with van der Waals surface area (Å²) >= 11 is 0. The lowest BCUT2D eigenvalue weighted by molar-refractivity contribution is -0.940. The Morgan fingerprint density at radius 2 is 1.89 bits per heavy atom. The van der Waals surface area contributed by atoms with Gasteiger partial charge >= 0.3 is 0 Å². The van der Waals surface area contributed by atoms with E-state index in [0.29, 0.717) is 0 Å². The van der Waals surface area contributed by atoms with Crippen molar-refractivity contribution in [1.82, 2.24) is 0 Å². The number of nitrogens with one attached hydrogen (secondary N) is 1. The van der Waals surface area contributed by atoms with E-state index in [-0.39, 0.29) is 5.60 Å². The van der Waals surface area contributed by atoms with Crippen molar-refractivity contribution in [2.24, 2.45) is 5.92 Å². The number of unbranched alkanes of at least 4 members (excludes halogenated alkanes) is 1. The van der Waals surface area contributed by atoms with Gasteiger partial charge in [-0.2, -0.15) is 0 Å². The largest absolute Gasteiger partial charge is 0.375 e. The molecule has 3 atom stereocenters. The van der Waals surface area contributed by atoms with E-state index in [1.54, 1.807) is 0 Å². The van der Waals surface area contributed by atoms with E-state index in [1.807, 2.05) is 4.90 Å². The first-order chi connectivity index (χ1) is 9.12. The van der Waals surface area contributed by atoms with Crippen LogP contribution in [0.4, 0.5) is 0 Å². The molecule has 0 aromatic rings. The molecule has 2 rings (SSSR count). The summed E-state index contributed by atoms with van der Waals surface area (Å²) in [5.41, 5.74) is 0.0856. The topological polar surface area (TPSA) is 13.7 Å². The second-order valence-corrected chi connectivity index (χ2v) is 7.34. The van der Waals surface area contributed by atoms with E-state index in [0.717, 1.165) is 18.6 Å². The molecule has 0 aromatic carbocycles. The van der Waals surface area contributed by atoms with Crippen LogP contribution >= 0.6 is 0 Å². The highest BCUT2D eigenvalue weighted by molar-refractivity contribution is 4.77. The minimum atomic E-state index is 0.0856. The molecule has 1 unspecified atom stereocenters. The molecule has 0 aliphatic carbocycles. The molecule has 0 saturated carbocycles. The van der Waals surface area contributed by atoms with Crippen LogP contribution in [0.5, 0.6) is 0 Å². The van der Waals surface area contributed by atoms with Gasteiger partial charge in [0.15, 0.2) is 0 Å². The number of ether oxygens (including phenoxy) is 1. The number of hydrogen-bond acceptors (Lipinski definition) is 1. The van der Waals surface area contributed by atoms with Gasteiger partial charge in [-0.1, -0.05) is 19.8 Å². The molecule has 2 aliphatic rings. The first-order valence-corrected chi connectivity index (χ1v) is 8.61. The summed E-state index contributed by atoms with van der Waals surface area (Å²) < 4.78 is 6.31. The number of quaternary nitrogens is 1. The predicted molar refractivity (Wildman–Crippen MR) is 80.6 cm³/mol. The van der Waals surface area contributed by atoms with E-state index in [1.165, 1.54) is 64.5 Å². The summed E-state index contributed by atoms with van der Waals surface area (Å²) in [5.74, 6) is 0.824. The maximum absolute atomic E-state index is 6.31. The average molecular weight is 268 g/mol. The third kappa shape index (κ3) is 4.46. The first kappa shape index (κ1) is 15.3. The Balaban J connectivity index is 1.80. The van der Waals surface area contributed by atoms with E-state index in [9.17, 15) is 0 Å². The Bertz CT molecular complexity index is 262. The second-order valence-electron chi connectivity index (χ2n) is 7.34. The van der Waals surface area contributed by atoms with Gasteiger partial charge in [-0.25, -0.2) is 0 Å². The minimum absolute atomic E-state index is 0.0856. The molecule has 2 nitrogen and oxygen atoms in total. The molecule has 2 heterocycles. The van der Waals surface area contributed by atoms with Gasteiger partial charge in [-0.3, -0.25) is 0 Å². The van der Waals surface area contributed by atoms with Crippen molar-refractivity contribution in [1.29, 1.82) is 0 Å². The maximum atomic E-state index is 6.31. The maximum Gasteiger partial charge on any atom is 0.0925 e. The number of piperidine rings is 2. The van der Waals surface area contributed by atoms with Crippen LogP contribution in [-0.2, 0) is 4.74 Å². The van der Waals surface area contributed by atoms with Gasteiger partial charge in [0.25, 0.3) is 0 Å². The average Bonchev–Trinajstić information content (AvgIpc) is 2.43. The minimum Gasteiger partial charge on any atom is -0.375 e. The van der Waals surface area contributed by atoms with Gasteiger partial charge in [0.05, 0.1) is 31.3 Å². The zero-order valence-electron chi connectivity index (χ0n) is 13.3. The summed E-state index contributed by atoms with van der Waals surface area (Å²) in [7, 11) is 0. The first-order valence-electron chi connectivity index (χ1n) is 8.61. The van der Waals surface area contributed by atoms with Gasteiger partial charge < -0.3 is 9.64 Å². The lowest BCUT2D eigenvalue weighted by Crippen LogP contribution is -3.18. The van der Waals surface area contributed by atoms with Crippen molar-refractivity contribution in [3.8, 4) is 0 Å². The van der Waals surface area contributed by atoms with Gasteiger partial charge in [-0.15, -0.1) is 0 Å². The van der Waals surface area contributed by atoms with E-state index < -0.39 is 0 Å². The van der Waals surface area contributed by atoms with E-state index >= 15 is 0 Å². The highest BCUT2D eigenvalue weighted by Crippen LogP contribution is 2.24. The van der Waals surface area contributed by atoms with Crippen LogP contribution in [0.1, 0.15) is 72.1 Å². The zero-order chi connectivity index (χ0) is 13.7. The molecule has 2 fully saturated rings. The quantitative estimate of drug-likeness (QED) is 0.782.